The van der Waals surface area contributed by atoms with Gasteiger partial charge >= 0.3 is 5.97 Å². The number of ether oxygens (including phenoxy) is 2. The summed E-state index contributed by atoms with van der Waals surface area (Å²) in [6.07, 6.45) is 3.62. The van der Waals surface area contributed by atoms with Crippen molar-refractivity contribution < 1.29 is 14.3 Å². The third-order valence-electron chi connectivity index (χ3n) is 3.05. The first kappa shape index (κ1) is 15.3. The van der Waals surface area contributed by atoms with Gasteiger partial charge in [0.1, 0.15) is 11.3 Å². The number of esters is 1. The van der Waals surface area contributed by atoms with E-state index >= 15 is 0 Å². The minimum Gasteiger partial charge on any atom is -0.491 e. The van der Waals surface area contributed by atoms with Crippen molar-refractivity contribution in [2.75, 3.05) is 6.61 Å². The Morgan fingerprint density at radius 3 is 2.81 bits per heavy atom. The predicted octanol–water partition coefficient (Wildman–Crippen LogP) is 3.98. The van der Waals surface area contributed by atoms with E-state index in [1.54, 1.807) is 18.3 Å². The molecule has 21 heavy (non-hydrogen) atoms. The Kier molecular flexibility index (Phi) is 5.14. The molecule has 0 aliphatic rings. The van der Waals surface area contributed by atoms with E-state index in [9.17, 15) is 4.79 Å². The zero-order valence-corrected chi connectivity index (χ0v) is 12.8. The van der Waals surface area contributed by atoms with Crippen LogP contribution in [0.2, 0.25) is 0 Å². The number of carbonyl (C=O) groups excluding carboxylic acids is 1. The maximum Gasteiger partial charge on any atom is 0.339 e. The van der Waals surface area contributed by atoms with Crippen molar-refractivity contribution in [2.45, 2.75) is 39.7 Å². The lowest BCUT2D eigenvalue weighted by molar-refractivity contribution is 0.0380. The number of benzene rings is 1. The third-order valence-corrected chi connectivity index (χ3v) is 3.05. The topological polar surface area (TPSA) is 48.4 Å². The van der Waals surface area contributed by atoms with Crippen molar-refractivity contribution in [3.63, 3.8) is 0 Å². The van der Waals surface area contributed by atoms with Crippen LogP contribution in [-0.2, 0) is 4.74 Å². The highest BCUT2D eigenvalue weighted by Crippen LogP contribution is 2.27. The van der Waals surface area contributed by atoms with Gasteiger partial charge in [0, 0.05) is 11.6 Å². The van der Waals surface area contributed by atoms with Crippen LogP contribution in [0.1, 0.15) is 44.0 Å². The second-order valence-electron chi connectivity index (χ2n) is 5.17. The van der Waals surface area contributed by atoms with Gasteiger partial charge in [-0.25, -0.2) is 4.79 Å². The van der Waals surface area contributed by atoms with Crippen LogP contribution in [-0.4, -0.2) is 23.7 Å². The predicted molar refractivity (Wildman–Crippen MR) is 82.7 cm³/mol. The first-order valence-corrected chi connectivity index (χ1v) is 7.35. The molecule has 4 heteroatoms. The second kappa shape index (κ2) is 7.07. The maximum absolute atomic E-state index is 12.1. The molecule has 2 aromatic rings. The molecule has 0 radical (unpaired) electrons. The summed E-state index contributed by atoms with van der Waals surface area (Å²) in [6, 6.07) is 7.22. The van der Waals surface area contributed by atoms with Gasteiger partial charge < -0.3 is 9.47 Å². The molecule has 2 rings (SSSR count). The number of unbranched alkanes of at least 4 members (excludes halogenated alkanes) is 1. The zero-order chi connectivity index (χ0) is 15.2. The fourth-order valence-electron chi connectivity index (χ4n) is 2.05. The molecule has 0 saturated heterocycles. The van der Waals surface area contributed by atoms with Gasteiger partial charge in [0.2, 0.25) is 0 Å². The minimum atomic E-state index is -0.330. The largest absolute Gasteiger partial charge is 0.491 e. The molecule has 1 heterocycles. The first-order valence-electron chi connectivity index (χ1n) is 7.35. The number of nitrogens with zero attached hydrogens (tertiary/aromatic N) is 1. The molecule has 0 aliphatic carbocycles. The number of aromatic nitrogens is 1. The molecule has 0 N–H and O–H groups in total. The van der Waals surface area contributed by atoms with E-state index in [1.165, 1.54) is 0 Å². The molecular weight excluding hydrogens is 266 g/mol. The molecule has 0 atom stereocenters. The monoisotopic (exact) mass is 287 g/mol. The molecule has 0 saturated carbocycles. The molecular formula is C17H21NO3. The summed E-state index contributed by atoms with van der Waals surface area (Å²) in [5, 5.41) is 0.761. The molecule has 0 unspecified atom stereocenters. The Balaban J connectivity index is 2.37. The van der Waals surface area contributed by atoms with Crippen LogP contribution < -0.4 is 4.74 Å². The van der Waals surface area contributed by atoms with Crippen LogP contribution in [0, 0.1) is 0 Å². The zero-order valence-electron chi connectivity index (χ0n) is 12.8. The van der Waals surface area contributed by atoms with Gasteiger partial charge in [-0.2, -0.15) is 0 Å². The van der Waals surface area contributed by atoms with E-state index in [0.717, 1.165) is 18.2 Å². The van der Waals surface area contributed by atoms with E-state index in [1.807, 2.05) is 26.0 Å². The van der Waals surface area contributed by atoms with Gasteiger partial charge in [-0.1, -0.05) is 19.4 Å². The van der Waals surface area contributed by atoms with Crippen molar-refractivity contribution >= 4 is 16.9 Å². The molecule has 1 aromatic carbocycles. The van der Waals surface area contributed by atoms with Crippen LogP contribution in [0.5, 0.6) is 5.75 Å². The summed E-state index contributed by atoms with van der Waals surface area (Å²) in [4.78, 5) is 16.5. The normalized spacial score (nSPS) is 10.9. The quantitative estimate of drug-likeness (QED) is 0.595. The molecule has 0 fully saturated rings. The lowest BCUT2D eigenvalue weighted by Gasteiger charge is -2.12. The van der Waals surface area contributed by atoms with Crippen molar-refractivity contribution in [1.29, 1.82) is 0 Å². The minimum absolute atomic E-state index is 0.148. The van der Waals surface area contributed by atoms with Crippen molar-refractivity contribution in [2.24, 2.45) is 0 Å². The van der Waals surface area contributed by atoms with E-state index in [4.69, 9.17) is 9.47 Å². The Morgan fingerprint density at radius 2 is 2.10 bits per heavy atom. The van der Waals surface area contributed by atoms with E-state index in [0.29, 0.717) is 23.4 Å². The first-order chi connectivity index (χ1) is 10.1. The fraction of sp³-hybridized carbons (Fsp3) is 0.412. The molecule has 0 spiro atoms. The van der Waals surface area contributed by atoms with Gasteiger partial charge in [0.15, 0.2) is 0 Å². The van der Waals surface area contributed by atoms with E-state index in [-0.39, 0.29) is 12.1 Å². The average molecular weight is 287 g/mol. The fourth-order valence-corrected chi connectivity index (χ4v) is 2.05. The summed E-state index contributed by atoms with van der Waals surface area (Å²) < 4.78 is 11.0. The summed E-state index contributed by atoms with van der Waals surface area (Å²) in [5.41, 5.74) is 1.22. The van der Waals surface area contributed by atoms with E-state index in [2.05, 4.69) is 11.9 Å². The summed E-state index contributed by atoms with van der Waals surface area (Å²) in [6.45, 7) is 6.43. The standard InChI is InChI=1S/C17H21NO3/c1-4-5-11-20-15-9-8-14(17(19)21-12(2)3)13-7-6-10-18-16(13)15/h6-10,12H,4-5,11H2,1-3H3. The third kappa shape index (κ3) is 3.72. The van der Waals surface area contributed by atoms with Crippen molar-refractivity contribution in [3.8, 4) is 5.75 Å². The van der Waals surface area contributed by atoms with Gasteiger partial charge in [-0.15, -0.1) is 0 Å². The van der Waals surface area contributed by atoms with Gasteiger partial charge in [0.05, 0.1) is 18.3 Å². The Bertz CT molecular complexity index is 622. The Morgan fingerprint density at radius 1 is 1.29 bits per heavy atom. The average Bonchev–Trinajstić information content (AvgIpc) is 2.46. The number of rotatable bonds is 6. The maximum atomic E-state index is 12.1. The number of hydrogen-bond donors (Lipinski definition) is 0. The van der Waals surface area contributed by atoms with Crippen molar-refractivity contribution in [1.82, 2.24) is 4.98 Å². The SMILES string of the molecule is CCCCOc1ccc(C(=O)OC(C)C)c2cccnc12. The van der Waals surface area contributed by atoms with Gasteiger partial charge in [-0.3, -0.25) is 4.98 Å². The van der Waals surface area contributed by atoms with Crippen LogP contribution in [0.25, 0.3) is 10.9 Å². The highest BCUT2D eigenvalue weighted by Gasteiger charge is 2.16. The van der Waals surface area contributed by atoms with Crippen LogP contribution >= 0.6 is 0 Å². The van der Waals surface area contributed by atoms with Crippen LogP contribution in [0.15, 0.2) is 30.5 Å². The lowest BCUT2D eigenvalue weighted by Crippen LogP contribution is -2.12. The lowest BCUT2D eigenvalue weighted by atomic mass is 10.1. The van der Waals surface area contributed by atoms with Crippen LogP contribution in [0.4, 0.5) is 0 Å². The summed E-state index contributed by atoms with van der Waals surface area (Å²) >= 11 is 0. The molecule has 4 nitrogen and oxygen atoms in total. The number of carbonyl (C=O) groups is 1. The summed E-state index contributed by atoms with van der Waals surface area (Å²) in [5.74, 6) is 0.378. The van der Waals surface area contributed by atoms with Gasteiger partial charge in [-0.05, 0) is 38.5 Å². The van der Waals surface area contributed by atoms with E-state index < -0.39 is 0 Å². The molecule has 112 valence electrons. The number of hydrogen-bond acceptors (Lipinski definition) is 4. The highest BCUT2D eigenvalue weighted by atomic mass is 16.5. The summed E-state index contributed by atoms with van der Waals surface area (Å²) in [7, 11) is 0. The number of fused-ring (bicyclic) bond motifs is 1. The Hall–Kier alpha value is -2.10. The number of pyridine rings is 1. The van der Waals surface area contributed by atoms with Crippen LogP contribution in [0.3, 0.4) is 0 Å². The Labute approximate surface area is 125 Å². The van der Waals surface area contributed by atoms with Crippen molar-refractivity contribution in [3.05, 3.63) is 36.0 Å². The molecule has 0 bridgehead atoms. The molecule has 1 aromatic heterocycles. The smallest absolute Gasteiger partial charge is 0.339 e. The molecule has 0 aliphatic heterocycles. The van der Waals surface area contributed by atoms with Gasteiger partial charge in [0.25, 0.3) is 0 Å². The molecule has 0 amide bonds. The second-order valence-corrected chi connectivity index (χ2v) is 5.17. The highest BCUT2D eigenvalue weighted by molar-refractivity contribution is 6.05.